The van der Waals surface area contributed by atoms with Crippen molar-refractivity contribution in [2.45, 2.75) is 38.0 Å². The van der Waals surface area contributed by atoms with E-state index in [2.05, 4.69) is 23.5 Å². The number of benzene rings is 1. The second-order valence-corrected chi connectivity index (χ2v) is 4.83. The molecular weight excluding hydrogens is 198 g/mol. The minimum Gasteiger partial charge on any atom is -0.489 e. The third kappa shape index (κ3) is 1.77. The van der Waals surface area contributed by atoms with Gasteiger partial charge in [0.05, 0.1) is 5.69 Å². The molecule has 1 aromatic rings. The van der Waals surface area contributed by atoms with Crippen LogP contribution in [0.1, 0.15) is 43.6 Å². The van der Waals surface area contributed by atoms with Gasteiger partial charge in [0.15, 0.2) is 0 Å². The summed E-state index contributed by atoms with van der Waals surface area (Å²) in [4.78, 5) is 0. The molecular formula is C14H19NO. The molecule has 2 nitrogen and oxygen atoms in total. The molecule has 1 saturated carbocycles. The molecule has 0 amide bonds. The molecule has 0 spiro atoms. The van der Waals surface area contributed by atoms with Crippen LogP contribution in [0.3, 0.4) is 0 Å². The van der Waals surface area contributed by atoms with Crippen molar-refractivity contribution in [2.75, 3.05) is 18.5 Å². The van der Waals surface area contributed by atoms with Gasteiger partial charge < -0.3 is 10.1 Å². The van der Waals surface area contributed by atoms with Crippen LogP contribution in [-0.2, 0) is 0 Å². The van der Waals surface area contributed by atoms with Crippen LogP contribution < -0.4 is 10.1 Å². The molecule has 3 rings (SSSR count). The lowest BCUT2D eigenvalue weighted by molar-refractivity contribution is 0.313. The van der Waals surface area contributed by atoms with Crippen molar-refractivity contribution in [2.24, 2.45) is 0 Å². The Morgan fingerprint density at radius 2 is 2.00 bits per heavy atom. The van der Waals surface area contributed by atoms with Crippen molar-refractivity contribution in [1.29, 1.82) is 0 Å². The standard InChI is InChI=1S/C14H19NO/c1-2-5-11(6-3-1)12-7-4-8-13-14(12)16-10-9-15-13/h4,7-8,11,15H,1-3,5-6,9-10H2. The van der Waals surface area contributed by atoms with Gasteiger partial charge in [0.25, 0.3) is 0 Å². The molecule has 0 unspecified atom stereocenters. The Bertz CT molecular complexity index is 369. The molecule has 1 aliphatic carbocycles. The Morgan fingerprint density at radius 1 is 1.12 bits per heavy atom. The van der Waals surface area contributed by atoms with Crippen molar-refractivity contribution in [3.05, 3.63) is 23.8 Å². The van der Waals surface area contributed by atoms with Crippen LogP contribution in [0.25, 0.3) is 0 Å². The van der Waals surface area contributed by atoms with Gasteiger partial charge in [0.2, 0.25) is 0 Å². The highest BCUT2D eigenvalue weighted by atomic mass is 16.5. The van der Waals surface area contributed by atoms with E-state index in [1.54, 1.807) is 0 Å². The predicted molar refractivity (Wildman–Crippen MR) is 66.3 cm³/mol. The summed E-state index contributed by atoms with van der Waals surface area (Å²) in [6.07, 6.45) is 6.83. The van der Waals surface area contributed by atoms with Gasteiger partial charge in [-0.2, -0.15) is 0 Å². The fraction of sp³-hybridized carbons (Fsp3) is 0.571. The Morgan fingerprint density at radius 3 is 2.88 bits per heavy atom. The average Bonchev–Trinajstić information content (AvgIpc) is 2.39. The Balaban J connectivity index is 1.93. The molecule has 1 fully saturated rings. The molecule has 1 aliphatic heterocycles. The van der Waals surface area contributed by atoms with Crippen molar-refractivity contribution in [3.8, 4) is 5.75 Å². The summed E-state index contributed by atoms with van der Waals surface area (Å²) in [6, 6.07) is 6.53. The normalized spacial score (nSPS) is 20.8. The first-order valence-electron chi connectivity index (χ1n) is 6.45. The summed E-state index contributed by atoms with van der Waals surface area (Å²) in [5.41, 5.74) is 2.62. The lowest BCUT2D eigenvalue weighted by Gasteiger charge is -2.28. The van der Waals surface area contributed by atoms with E-state index in [1.165, 1.54) is 43.4 Å². The van der Waals surface area contributed by atoms with E-state index in [9.17, 15) is 0 Å². The van der Waals surface area contributed by atoms with E-state index >= 15 is 0 Å². The second-order valence-electron chi connectivity index (χ2n) is 4.83. The number of anilines is 1. The summed E-state index contributed by atoms with van der Waals surface area (Å²) in [5, 5.41) is 3.42. The first kappa shape index (κ1) is 10.0. The topological polar surface area (TPSA) is 21.3 Å². The van der Waals surface area contributed by atoms with E-state index in [0.29, 0.717) is 0 Å². The van der Waals surface area contributed by atoms with E-state index in [4.69, 9.17) is 4.74 Å². The lowest BCUT2D eigenvalue weighted by atomic mass is 9.83. The van der Waals surface area contributed by atoms with Crippen molar-refractivity contribution >= 4 is 5.69 Å². The number of hydrogen-bond acceptors (Lipinski definition) is 2. The van der Waals surface area contributed by atoms with Gasteiger partial charge >= 0.3 is 0 Å². The van der Waals surface area contributed by atoms with E-state index in [0.717, 1.165) is 24.8 Å². The number of ether oxygens (including phenoxy) is 1. The predicted octanol–water partition coefficient (Wildman–Crippen LogP) is 3.54. The second kappa shape index (κ2) is 4.36. The third-order valence-corrected chi connectivity index (χ3v) is 3.75. The SMILES string of the molecule is c1cc2c(c(C3CCCCC3)c1)OCCN2. The maximum Gasteiger partial charge on any atom is 0.145 e. The van der Waals surface area contributed by atoms with Crippen LogP contribution >= 0.6 is 0 Å². The largest absolute Gasteiger partial charge is 0.489 e. The van der Waals surface area contributed by atoms with Crippen LogP contribution in [0.4, 0.5) is 5.69 Å². The van der Waals surface area contributed by atoms with Crippen molar-refractivity contribution < 1.29 is 4.74 Å². The smallest absolute Gasteiger partial charge is 0.145 e. The van der Waals surface area contributed by atoms with Crippen molar-refractivity contribution in [3.63, 3.8) is 0 Å². The number of fused-ring (bicyclic) bond motifs is 1. The minimum absolute atomic E-state index is 0.726. The molecule has 1 heterocycles. The summed E-state index contributed by atoms with van der Waals surface area (Å²) < 4.78 is 5.85. The lowest BCUT2D eigenvalue weighted by Crippen LogP contribution is -2.20. The molecule has 2 heteroatoms. The summed E-state index contributed by atoms with van der Waals surface area (Å²) >= 11 is 0. The maximum atomic E-state index is 5.85. The molecule has 0 saturated heterocycles. The van der Waals surface area contributed by atoms with E-state index < -0.39 is 0 Å². The van der Waals surface area contributed by atoms with Crippen LogP contribution in [0.2, 0.25) is 0 Å². The molecule has 0 radical (unpaired) electrons. The number of hydrogen-bond donors (Lipinski definition) is 1. The first-order chi connectivity index (χ1) is 7.95. The zero-order valence-electron chi connectivity index (χ0n) is 9.67. The fourth-order valence-corrected chi connectivity index (χ4v) is 2.93. The summed E-state index contributed by atoms with van der Waals surface area (Å²) in [7, 11) is 0. The highest BCUT2D eigenvalue weighted by Gasteiger charge is 2.22. The van der Waals surface area contributed by atoms with Gasteiger partial charge in [0, 0.05) is 6.54 Å². The molecule has 0 bridgehead atoms. The fourth-order valence-electron chi connectivity index (χ4n) is 2.93. The average molecular weight is 217 g/mol. The monoisotopic (exact) mass is 217 g/mol. The quantitative estimate of drug-likeness (QED) is 0.777. The van der Waals surface area contributed by atoms with E-state index in [1.807, 2.05) is 0 Å². The first-order valence-corrected chi connectivity index (χ1v) is 6.45. The van der Waals surface area contributed by atoms with Crippen LogP contribution in [0.15, 0.2) is 18.2 Å². The highest BCUT2D eigenvalue weighted by Crippen LogP contribution is 2.41. The zero-order chi connectivity index (χ0) is 10.8. The zero-order valence-corrected chi connectivity index (χ0v) is 9.67. The minimum atomic E-state index is 0.726. The van der Waals surface area contributed by atoms with Crippen molar-refractivity contribution in [1.82, 2.24) is 0 Å². The molecule has 0 atom stereocenters. The van der Waals surface area contributed by atoms with Crippen LogP contribution in [0.5, 0.6) is 5.75 Å². The summed E-state index contributed by atoms with van der Waals surface area (Å²) in [6.45, 7) is 1.73. The summed E-state index contributed by atoms with van der Waals surface area (Å²) in [5.74, 6) is 1.85. The van der Waals surface area contributed by atoms with Gasteiger partial charge in [-0.15, -0.1) is 0 Å². The third-order valence-electron chi connectivity index (χ3n) is 3.75. The van der Waals surface area contributed by atoms with Crippen LogP contribution in [-0.4, -0.2) is 13.2 Å². The molecule has 1 N–H and O–H groups in total. The van der Waals surface area contributed by atoms with Gasteiger partial charge in [0.1, 0.15) is 12.4 Å². The highest BCUT2D eigenvalue weighted by molar-refractivity contribution is 5.62. The van der Waals surface area contributed by atoms with E-state index in [-0.39, 0.29) is 0 Å². The Hall–Kier alpha value is -1.18. The Kier molecular flexibility index (Phi) is 2.73. The van der Waals surface area contributed by atoms with Gasteiger partial charge in [-0.3, -0.25) is 0 Å². The number of para-hydroxylation sites is 1. The van der Waals surface area contributed by atoms with Gasteiger partial charge in [-0.05, 0) is 30.4 Å². The van der Waals surface area contributed by atoms with Gasteiger partial charge in [-0.25, -0.2) is 0 Å². The number of rotatable bonds is 1. The molecule has 1 aromatic carbocycles. The number of nitrogens with one attached hydrogen (secondary N) is 1. The maximum absolute atomic E-state index is 5.85. The molecule has 16 heavy (non-hydrogen) atoms. The molecule has 0 aromatic heterocycles. The van der Waals surface area contributed by atoms with Gasteiger partial charge in [-0.1, -0.05) is 31.4 Å². The van der Waals surface area contributed by atoms with Crippen LogP contribution in [0, 0.1) is 0 Å². The molecule has 86 valence electrons. The Labute approximate surface area is 97.0 Å². The molecule has 2 aliphatic rings.